The second kappa shape index (κ2) is 3.65. The first-order valence-electron chi connectivity index (χ1n) is 5.05. The summed E-state index contributed by atoms with van der Waals surface area (Å²) in [6.45, 7) is 0.860. The van der Waals surface area contributed by atoms with E-state index >= 15 is 0 Å². The van der Waals surface area contributed by atoms with Crippen LogP contribution in [0.5, 0.6) is 11.5 Å². The van der Waals surface area contributed by atoms with Crippen LogP contribution in [-0.2, 0) is 0 Å². The third-order valence-corrected chi connectivity index (χ3v) is 2.52. The lowest BCUT2D eigenvalue weighted by Gasteiger charge is -2.19. The first-order valence-corrected chi connectivity index (χ1v) is 5.05. The van der Waals surface area contributed by atoms with E-state index < -0.39 is 5.82 Å². The number of nitrogens with zero attached hydrogens (tertiary/aromatic N) is 1. The van der Waals surface area contributed by atoms with Crippen molar-refractivity contribution < 1.29 is 18.4 Å². The fraction of sp³-hybridized carbons (Fsp3) is 0.182. The number of nitrogens with two attached hydrogens (primary N) is 1. The smallest absolute Gasteiger partial charge is 0.230 e. The van der Waals surface area contributed by atoms with Crippen LogP contribution in [0.2, 0.25) is 0 Å². The molecule has 3 rings (SSSR count). The Labute approximate surface area is 95.9 Å². The fourth-order valence-electron chi connectivity index (χ4n) is 1.72. The average Bonchev–Trinajstić information content (AvgIpc) is 2.74. The van der Waals surface area contributed by atoms with Gasteiger partial charge in [0.05, 0.1) is 11.8 Å². The highest BCUT2D eigenvalue weighted by Gasteiger charge is 2.19. The number of hydrogen-bond donors (Lipinski definition) is 1. The molecule has 0 saturated carbocycles. The van der Waals surface area contributed by atoms with E-state index in [1.54, 1.807) is 0 Å². The zero-order chi connectivity index (χ0) is 11.8. The summed E-state index contributed by atoms with van der Waals surface area (Å²) < 4.78 is 29.2. The van der Waals surface area contributed by atoms with Crippen LogP contribution in [-0.4, -0.2) is 18.4 Å². The summed E-state index contributed by atoms with van der Waals surface area (Å²) in [5.74, 6) is 0.505. The predicted molar refractivity (Wildman–Crippen MR) is 57.3 cm³/mol. The maximum Gasteiger partial charge on any atom is 0.230 e. The minimum Gasteiger partial charge on any atom is -0.486 e. The molecular formula is C11H9FN2O3. The maximum atomic E-state index is 13.9. The van der Waals surface area contributed by atoms with Crippen LogP contribution in [0.3, 0.4) is 0 Å². The number of rotatable bonds is 1. The van der Waals surface area contributed by atoms with E-state index in [1.165, 1.54) is 18.3 Å². The number of fused-ring (bicyclic) bond motifs is 1. The van der Waals surface area contributed by atoms with E-state index in [0.29, 0.717) is 30.3 Å². The molecule has 2 N–H and O–H groups in total. The molecule has 1 aromatic carbocycles. The molecule has 0 spiro atoms. The highest BCUT2D eigenvalue weighted by Crippen LogP contribution is 2.38. The minimum atomic E-state index is -0.454. The lowest BCUT2D eigenvalue weighted by Crippen LogP contribution is -2.15. The van der Waals surface area contributed by atoms with Crippen molar-refractivity contribution in [2.45, 2.75) is 0 Å². The number of aromatic nitrogens is 1. The van der Waals surface area contributed by atoms with E-state index in [1.807, 2.05) is 0 Å². The van der Waals surface area contributed by atoms with Crippen LogP contribution in [0.15, 0.2) is 22.9 Å². The molecule has 88 valence electrons. The molecule has 5 nitrogen and oxygen atoms in total. The van der Waals surface area contributed by atoms with Crippen molar-refractivity contribution in [2.75, 3.05) is 18.9 Å². The second-order valence-electron chi connectivity index (χ2n) is 3.58. The second-order valence-corrected chi connectivity index (χ2v) is 3.58. The number of nitrogen functional groups attached to an aromatic ring is 1. The maximum absolute atomic E-state index is 13.9. The van der Waals surface area contributed by atoms with Gasteiger partial charge in [0.1, 0.15) is 19.0 Å². The quantitative estimate of drug-likeness (QED) is 0.817. The van der Waals surface area contributed by atoms with E-state index in [-0.39, 0.29) is 11.4 Å². The van der Waals surface area contributed by atoms with Crippen LogP contribution >= 0.6 is 0 Å². The van der Waals surface area contributed by atoms with Crippen LogP contribution < -0.4 is 15.2 Å². The van der Waals surface area contributed by atoms with Crippen molar-refractivity contribution in [3.05, 3.63) is 24.1 Å². The van der Waals surface area contributed by atoms with Gasteiger partial charge in [-0.05, 0) is 6.07 Å². The molecule has 1 aliphatic rings. The largest absolute Gasteiger partial charge is 0.486 e. The molecule has 0 amide bonds. The molecule has 1 aliphatic heterocycles. The summed E-state index contributed by atoms with van der Waals surface area (Å²) in [5.41, 5.74) is 6.24. The number of anilines is 1. The molecule has 0 unspecified atom stereocenters. The summed E-state index contributed by atoms with van der Waals surface area (Å²) in [6.07, 6.45) is 1.36. The Morgan fingerprint density at radius 1 is 1.12 bits per heavy atom. The van der Waals surface area contributed by atoms with Gasteiger partial charge >= 0.3 is 0 Å². The molecule has 17 heavy (non-hydrogen) atoms. The Morgan fingerprint density at radius 3 is 2.47 bits per heavy atom. The number of ether oxygens (including phenoxy) is 2. The van der Waals surface area contributed by atoms with Crippen molar-refractivity contribution in [2.24, 2.45) is 0 Å². The van der Waals surface area contributed by atoms with Crippen molar-refractivity contribution in [1.29, 1.82) is 0 Å². The molecule has 2 heterocycles. The van der Waals surface area contributed by atoms with Crippen LogP contribution in [0, 0.1) is 5.82 Å². The lowest BCUT2D eigenvalue weighted by atomic mass is 10.1. The van der Waals surface area contributed by atoms with Gasteiger partial charge in [0.2, 0.25) is 5.88 Å². The van der Waals surface area contributed by atoms with Crippen LogP contribution in [0.1, 0.15) is 0 Å². The van der Waals surface area contributed by atoms with Gasteiger partial charge in [-0.3, -0.25) is 0 Å². The summed E-state index contributed by atoms with van der Waals surface area (Å²) in [4.78, 5) is 0. The van der Waals surface area contributed by atoms with Gasteiger partial charge in [-0.2, -0.15) is 0 Å². The third-order valence-electron chi connectivity index (χ3n) is 2.52. The monoisotopic (exact) mass is 236 g/mol. The Balaban J connectivity index is 2.15. The molecule has 0 fully saturated rings. The molecule has 0 atom stereocenters. The molecule has 0 radical (unpaired) electrons. The minimum absolute atomic E-state index is 0.0700. The van der Waals surface area contributed by atoms with E-state index in [4.69, 9.17) is 19.7 Å². The molecule has 2 aromatic rings. The van der Waals surface area contributed by atoms with Crippen molar-refractivity contribution in [1.82, 2.24) is 5.16 Å². The molecular weight excluding hydrogens is 227 g/mol. The highest BCUT2D eigenvalue weighted by atomic mass is 19.1. The van der Waals surface area contributed by atoms with Crippen LogP contribution in [0.25, 0.3) is 11.1 Å². The van der Waals surface area contributed by atoms with E-state index in [2.05, 4.69) is 5.16 Å². The first kappa shape index (κ1) is 9.95. The molecule has 0 aliphatic carbocycles. The van der Waals surface area contributed by atoms with Gasteiger partial charge in [-0.15, -0.1) is 0 Å². The summed E-state index contributed by atoms with van der Waals surface area (Å²) in [5, 5.41) is 3.51. The lowest BCUT2D eigenvalue weighted by molar-refractivity contribution is 0.171. The van der Waals surface area contributed by atoms with Gasteiger partial charge in [0.25, 0.3) is 0 Å². The summed E-state index contributed by atoms with van der Waals surface area (Å²) >= 11 is 0. The van der Waals surface area contributed by atoms with Crippen molar-refractivity contribution in [3.8, 4) is 22.6 Å². The van der Waals surface area contributed by atoms with Crippen LogP contribution in [0.4, 0.5) is 10.3 Å². The molecule has 0 bridgehead atoms. The molecule has 1 aromatic heterocycles. The predicted octanol–water partition coefficient (Wildman–Crippen LogP) is 1.83. The number of hydrogen-bond acceptors (Lipinski definition) is 5. The topological polar surface area (TPSA) is 70.5 Å². The summed E-state index contributed by atoms with van der Waals surface area (Å²) in [7, 11) is 0. The Morgan fingerprint density at radius 2 is 1.82 bits per heavy atom. The van der Waals surface area contributed by atoms with E-state index in [0.717, 1.165) is 0 Å². The number of benzene rings is 1. The standard InChI is InChI=1S/C11H9FN2O3/c12-8-4-10-9(15-1-2-16-10)3-6(8)7-5-14-17-11(7)13/h3-5H,1-2,13H2. The zero-order valence-electron chi connectivity index (χ0n) is 8.77. The van der Waals surface area contributed by atoms with Gasteiger partial charge < -0.3 is 19.7 Å². The number of halogens is 1. The average molecular weight is 236 g/mol. The Bertz CT molecular complexity index is 568. The SMILES string of the molecule is Nc1oncc1-c1cc2c(cc1F)OCCO2. The van der Waals surface area contributed by atoms with Crippen molar-refractivity contribution in [3.63, 3.8) is 0 Å². The van der Waals surface area contributed by atoms with E-state index in [9.17, 15) is 4.39 Å². The van der Waals surface area contributed by atoms with Gasteiger partial charge in [-0.25, -0.2) is 4.39 Å². The zero-order valence-corrected chi connectivity index (χ0v) is 8.77. The molecule has 0 saturated heterocycles. The van der Waals surface area contributed by atoms with Gasteiger partial charge in [0, 0.05) is 11.6 Å². The molecule has 6 heteroatoms. The Hall–Kier alpha value is -2.24. The summed E-state index contributed by atoms with van der Waals surface area (Å²) in [6, 6.07) is 2.81. The van der Waals surface area contributed by atoms with Gasteiger partial charge in [-0.1, -0.05) is 5.16 Å². The Kier molecular flexibility index (Phi) is 2.14. The third kappa shape index (κ3) is 1.57. The normalized spacial score (nSPS) is 13.7. The fourth-order valence-corrected chi connectivity index (χ4v) is 1.72. The first-order chi connectivity index (χ1) is 8.25. The highest BCUT2D eigenvalue weighted by molar-refractivity contribution is 5.74. The van der Waals surface area contributed by atoms with Crippen molar-refractivity contribution >= 4 is 5.88 Å². The van der Waals surface area contributed by atoms with Gasteiger partial charge in [0.15, 0.2) is 11.5 Å².